The summed E-state index contributed by atoms with van der Waals surface area (Å²) in [7, 11) is 0. The molecule has 1 unspecified atom stereocenters. The van der Waals surface area contributed by atoms with Crippen LogP contribution < -0.4 is 10.5 Å². The fourth-order valence-corrected chi connectivity index (χ4v) is 3.25. The molecule has 28 heavy (non-hydrogen) atoms. The van der Waals surface area contributed by atoms with E-state index in [1.54, 1.807) is 48.5 Å². The summed E-state index contributed by atoms with van der Waals surface area (Å²) in [5.41, 5.74) is 1.77. The first-order valence-electron chi connectivity index (χ1n) is 8.54. The molecule has 0 radical (unpaired) electrons. The van der Waals surface area contributed by atoms with Gasteiger partial charge >= 0.3 is 0 Å². The van der Waals surface area contributed by atoms with Crippen LogP contribution in [0.3, 0.4) is 0 Å². The molecular formula is C21H16N2O4S. The molecular weight excluding hydrogens is 376 g/mol. The molecule has 0 aliphatic carbocycles. The van der Waals surface area contributed by atoms with Crippen LogP contribution >= 0.6 is 0 Å². The second-order valence-corrected chi connectivity index (χ2v) is 7.19. The molecule has 0 bridgehead atoms. The van der Waals surface area contributed by atoms with Crippen LogP contribution in [-0.2, 0) is 15.4 Å². The van der Waals surface area contributed by atoms with Crippen LogP contribution in [0.25, 0.3) is 22.3 Å². The Labute approximate surface area is 163 Å². The van der Waals surface area contributed by atoms with Crippen molar-refractivity contribution in [1.82, 2.24) is 9.71 Å². The Morgan fingerprint density at radius 1 is 0.893 bits per heavy atom. The molecule has 4 rings (SSSR count). The number of fused-ring (bicyclic) bond motifs is 1. The summed E-state index contributed by atoms with van der Waals surface area (Å²) in [6.07, 6.45) is 0. The molecule has 0 amide bonds. The molecule has 0 spiro atoms. The first kappa shape index (κ1) is 18.1. The second kappa shape index (κ2) is 7.75. The molecule has 0 saturated heterocycles. The number of nitrogens with zero attached hydrogens (tertiary/aromatic N) is 2. The van der Waals surface area contributed by atoms with Crippen molar-refractivity contribution in [3.05, 3.63) is 94.8 Å². The molecule has 140 valence electrons. The maximum Gasteiger partial charge on any atom is 0.297 e. The Hall–Kier alpha value is -3.29. The van der Waals surface area contributed by atoms with E-state index in [2.05, 4.69) is 4.98 Å². The lowest BCUT2D eigenvalue weighted by atomic mass is 10.2. The lowest BCUT2D eigenvalue weighted by Gasteiger charge is -2.12. The minimum absolute atomic E-state index is 0.255. The number of rotatable bonds is 5. The van der Waals surface area contributed by atoms with E-state index in [1.807, 2.05) is 37.3 Å². The van der Waals surface area contributed by atoms with Crippen LogP contribution in [-0.4, -0.2) is 13.9 Å². The molecule has 1 aromatic heterocycles. The van der Waals surface area contributed by atoms with Crippen molar-refractivity contribution in [3.63, 3.8) is 0 Å². The van der Waals surface area contributed by atoms with Gasteiger partial charge in [-0.25, -0.2) is 14.2 Å². The summed E-state index contributed by atoms with van der Waals surface area (Å²) in [4.78, 5) is 23.1. The molecule has 0 saturated carbocycles. The second-order valence-electron chi connectivity index (χ2n) is 6.11. The third-order valence-electron chi connectivity index (χ3n) is 4.15. The molecule has 1 atom stereocenters. The van der Waals surface area contributed by atoms with Crippen LogP contribution in [0, 0.1) is 6.92 Å². The van der Waals surface area contributed by atoms with Crippen molar-refractivity contribution < 1.29 is 13.5 Å². The van der Waals surface area contributed by atoms with Gasteiger partial charge in [-0.3, -0.25) is 4.79 Å². The summed E-state index contributed by atoms with van der Waals surface area (Å²) >= 11 is -1.91. The van der Waals surface area contributed by atoms with Crippen LogP contribution in [0.4, 0.5) is 0 Å². The summed E-state index contributed by atoms with van der Waals surface area (Å²) < 4.78 is 18.3. The van der Waals surface area contributed by atoms with Gasteiger partial charge in [0.25, 0.3) is 5.56 Å². The number of hydrogen-bond donors (Lipinski definition) is 0. The van der Waals surface area contributed by atoms with Crippen molar-refractivity contribution in [2.75, 3.05) is 0 Å². The SMILES string of the molecule is Cc1ccc(S(=O)OOn2c(-c3ccccc3)nc3ccccc3c2=O)cc1. The number of benzene rings is 3. The quantitative estimate of drug-likeness (QED) is 0.384. The van der Waals surface area contributed by atoms with Crippen LogP contribution in [0.2, 0.25) is 0 Å². The van der Waals surface area contributed by atoms with Gasteiger partial charge in [-0.1, -0.05) is 69.2 Å². The highest BCUT2D eigenvalue weighted by atomic mass is 32.2. The van der Waals surface area contributed by atoms with Gasteiger partial charge in [-0.2, -0.15) is 0 Å². The molecule has 0 fully saturated rings. The van der Waals surface area contributed by atoms with Gasteiger partial charge in [0.2, 0.25) is 11.1 Å². The molecule has 3 aromatic carbocycles. The Morgan fingerprint density at radius 3 is 2.32 bits per heavy atom. The number of hydrogen-bond acceptors (Lipinski definition) is 5. The zero-order chi connectivity index (χ0) is 19.5. The van der Waals surface area contributed by atoms with Crippen LogP contribution in [0.15, 0.2) is 88.6 Å². The van der Waals surface area contributed by atoms with Crippen LogP contribution in [0.1, 0.15) is 5.56 Å². The van der Waals surface area contributed by atoms with E-state index in [0.29, 0.717) is 21.4 Å². The zero-order valence-corrected chi connectivity index (χ0v) is 15.8. The largest absolute Gasteiger partial charge is 0.297 e. The Morgan fingerprint density at radius 2 is 1.57 bits per heavy atom. The highest BCUT2D eigenvalue weighted by Crippen LogP contribution is 2.18. The van der Waals surface area contributed by atoms with Crippen molar-refractivity contribution in [2.24, 2.45) is 0 Å². The topological polar surface area (TPSA) is 70.4 Å². The fraction of sp³-hybridized carbons (Fsp3) is 0.0476. The molecule has 4 aromatic rings. The number of aromatic nitrogens is 2. The lowest BCUT2D eigenvalue weighted by molar-refractivity contribution is -0.200. The molecule has 0 aliphatic heterocycles. The number of para-hydroxylation sites is 1. The van der Waals surface area contributed by atoms with Gasteiger partial charge < -0.3 is 0 Å². The molecule has 7 heteroatoms. The van der Waals surface area contributed by atoms with Gasteiger partial charge in [0.05, 0.1) is 15.8 Å². The smallest absolute Gasteiger partial charge is 0.265 e. The van der Waals surface area contributed by atoms with Crippen molar-refractivity contribution in [3.8, 4) is 11.4 Å². The Balaban J connectivity index is 1.74. The summed E-state index contributed by atoms with van der Waals surface area (Å²) in [6.45, 7) is 1.93. The standard InChI is InChI=1S/C21H16N2O4S/c1-15-11-13-17(14-12-15)28(25)27-26-23-20(16-7-3-2-4-8-16)22-19-10-6-5-9-18(19)21(23)24/h2-14H,1H3. The van der Waals surface area contributed by atoms with E-state index in [1.165, 1.54) is 0 Å². The average molecular weight is 392 g/mol. The van der Waals surface area contributed by atoms with E-state index in [-0.39, 0.29) is 5.82 Å². The minimum Gasteiger partial charge on any atom is -0.265 e. The lowest BCUT2D eigenvalue weighted by Crippen LogP contribution is -2.30. The summed E-state index contributed by atoms with van der Waals surface area (Å²) in [5, 5.41) is 0.367. The fourth-order valence-electron chi connectivity index (χ4n) is 2.70. The molecule has 6 nitrogen and oxygen atoms in total. The molecule has 0 aliphatic rings. The first-order valence-corrected chi connectivity index (χ1v) is 9.62. The zero-order valence-electron chi connectivity index (χ0n) is 14.9. The Bertz CT molecular complexity index is 1200. The van der Waals surface area contributed by atoms with E-state index < -0.39 is 16.6 Å². The highest BCUT2D eigenvalue weighted by molar-refractivity contribution is 7.80. The van der Waals surface area contributed by atoms with Crippen molar-refractivity contribution >= 4 is 22.0 Å². The van der Waals surface area contributed by atoms with Crippen molar-refractivity contribution in [2.45, 2.75) is 11.8 Å². The average Bonchev–Trinajstić information content (AvgIpc) is 2.74. The normalized spacial score (nSPS) is 12.0. The first-order chi connectivity index (χ1) is 13.6. The maximum absolute atomic E-state index is 12.9. The van der Waals surface area contributed by atoms with Gasteiger partial charge in [-0.15, -0.1) is 0 Å². The van der Waals surface area contributed by atoms with Gasteiger partial charge in [0.1, 0.15) is 0 Å². The maximum atomic E-state index is 12.9. The van der Waals surface area contributed by atoms with E-state index >= 15 is 0 Å². The predicted octanol–water partition coefficient (Wildman–Crippen LogP) is 3.45. The summed E-state index contributed by atoms with van der Waals surface area (Å²) in [6, 6.07) is 23.0. The molecule has 0 N–H and O–H groups in total. The third kappa shape index (κ3) is 3.58. The third-order valence-corrected chi connectivity index (χ3v) is 4.99. The van der Waals surface area contributed by atoms with Gasteiger partial charge in [-0.05, 0) is 31.2 Å². The Kier molecular flexibility index (Phi) is 5.01. The summed E-state index contributed by atoms with van der Waals surface area (Å²) in [5.74, 6) is 0.255. The molecule has 1 heterocycles. The predicted molar refractivity (Wildman–Crippen MR) is 107 cm³/mol. The van der Waals surface area contributed by atoms with Crippen LogP contribution in [0.5, 0.6) is 0 Å². The van der Waals surface area contributed by atoms with E-state index in [0.717, 1.165) is 10.3 Å². The highest BCUT2D eigenvalue weighted by Gasteiger charge is 2.16. The van der Waals surface area contributed by atoms with Crippen molar-refractivity contribution in [1.29, 1.82) is 0 Å². The van der Waals surface area contributed by atoms with Gasteiger partial charge in [0, 0.05) is 5.56 Å². The minimum atomic E-state index is -1.91. The monoisotopic (exact) mass is 392 g/mol. The number of aryl methyl sites for hydroxylation is 1. The van der Waals surface area contributed by atoms with Gasteiger partial charge in [0.15, 0.2) is 5.82 Å². The van der Waals surface area contributed by atoms with E-state index in [9.17, 15) is 9.00 Å². The van der Waals surface area contributed by atoms with E-state index in [4.69, 9.17) is 9.32 Å².